The average molecular weight is 275 g/mol. The first kappa shape index (κ1) is 13.7. The van der Waals surface area contributed by atoms with Crippen LogP contribution in [0.2, 0.25) is 10.0 Å². The van der Waals surface area contributed by atoms with Gasteiger partial charge in [0, 0.05) is 10.6 Å². The highest BCUT2D eigenvalue weighted by atomic mass is 35.5. The highest BCUT2D eigenvalue weighted by molar-refractivity contribution is 6.35. The molecule has 0 bridgehead atoms. The molecule has 1 rings (SSSR count). The van der Waals surface area contributed by atoms with Crippen molar-refractivity contribution in [2.75, 3.05) is 6.61 Å². The van der Waals surface area contributed by atoms with E-state index < -0.39 is 6.09 Å². The molecular formula is C11H12Cl2N2O2. The predicted molar refractivity (Wildman–Crippen MR) is 68.8 cm³/mol. The van der Waals surface area contributed by atoms with Crippen LogP contribution in [-0.4, -0.2) is 12.7 Å². The molecule has 0 aromatic heterocycles. The van der Waals surface area contributed by atoms with Gasteiger partial charge in [0.25, 0.3) is 0 Å². The Morgan fingerprint density at radius 2 is 2.12 bits per heavy atom. The molecular weight excluding hydrogens is 263 g/mol. The minimum Gasteiger partial charge on any atom is -0.449 e. The Kier molecular flexibility index (Phi) is 5.12. The van der Waals surface area contributed by atoms with E-state index in [1.807, 2.05) is 0 Å². The zero-order chi connectivity index (χ0) is 12.8. The molecule has 92 valence electrons. The van der Waals surface area contributed by atoms with Gasteiger partial charge in [-0.15, -0.1) is 0 Å². The second-order valence-corrected chi connectivity index (χ2v) is 3.92. The van der Waals surface area contributed by atoms with Gasteiger partial charge in [0.05, 0.1) is 17.3 Å². The van der Waals surface area contributed by atoms with Gasteiger partial charge in [0.15, 0.2) is 0 Å². The SMILES string of the molecule is C=C(NNC(=O)OCC)c1ccc(Cl)cc1Cl. The Balaban J connectivity index is 2.61. The number of nitrogens with one attached hydrogen (secondary N) is 2. The van der Waals surface area contributed by atoms with Gasteiger partial charge in [-0.25, -0.2) is 10.2 Å². The maximum Gasteiger partial charge on any atom is 0.425 e. The molecule has 6 heteroatoms. The first-order chi connectivity index (χ1) is 8.04. The number of benzene rings is 1. The smallest absolute Gasteiger partial charge is 0.425 e. The fourth-order valence-electron chi connectivity index (χ4n) is 1.10. The Morgan fingerprint density at radius 3 is 2.71 bits per heavy atom. The third-order valence-corrected chi connectivity index (χ3v) is 2.39. The summed E-state index contributed by atoms with van der Waals surface area (Å²) in [6.45, 7) is 5.74. The molecule has 0 aliphatic carbocycles. The first-order valence-corrected chi connectivity index (χ1v) is 5.63. The van der Waals surface area contributed by atoms with Crippen molar-refractivity contribution in [3.63, 3.8) is 0 Å². The highest BCUT2D eigenvalue weighted by Gasteiger charge is 2.06. The zero-order valence-electron chi connectivity index (χ0n) is 9.22. The summed E-state index contributed by atoms with van der Waals surface area (Å²) >= 11 is 11.7. The summed E-state index contributed by atoms with van der Waals surface area (Å²) in [5.74, 6) is 0. The van der Waals surface area contributed by atoms with Crippen LogP contribution in [0.4, 0.5) is 4.79 Å². The third-order valence-electron chi connectivity index (χ3n) is 1.85. The standard InChI is InChI=1S/C11H12Cl2N2O2/c1-3-17-11(16)15-14-7(2)9-5-4-8(12)6-10(9)13/h4-6,14H,2-3H2,1H3,(H,15,16). The highest BCUT2D eigenvalue weighted by Crippen LogP contribution is 2.24. The molecule has 1 aromatic carbocycles. The van der Waals surface area contributed by atoms with Crippen molar-refractivity contribution in [3.8, 4) is 0 Å². The van der Waals surface area contributed by atoms with Crippen molar-refractivity contribution in [2.24, 2.45) is 0 Å². The van der Waals surface area contributed by atoms with E-state index in [4.69, 9.17) is 23.2 Å². The Morgan fingerprint density at radius 1 is 1.41 bits per heavy atom. The van der Waals surface area contributed by atoms with Gasteiger partial charge < -0.3 is 4.74 Å². The van der Waals surface area contributed by atoms with Crippen molar-refractivity contribution in [2.45, 2.75) is 6.92 Å². The van der Waals surface area contributed by atoms with Crippen molar-refractivity contribution < 1.29 is 9.53 Å². The fraction of sp³-hybridized carbons (Fsp3) is 0.182. The number of hydrazine groups is 1. The lowest BCUT2D eigenvalue weighted by atomic mass is 10.2. The van der Waals surface area contributed by atoms with E-state index >= 15 is 0 Å². The summed E-state index contributed by atoms with van der Waals surface area (Å²) in [5.41, 5.74) is 6.01. The molecule has 2 N–H and O–H groups in total. The first-order valence-electron chi connectivity index (χ1n) is 4.87. The topological polar surface area (TPSA) is 50.4 Å². The molecule has 17 heavy (non-hydrogen) atoms. The van der Waals surface area contributed by atoms with Crippen LogP contribution in [0.25, 0.3) is 5.70 Å². The molecule has 0 aliphatic rings. The molecule has 0 fully saturated rings. The van der Waals surface area contributed by atoms with Crippen LogP contribution in [0, 0.1) is 0 Å². The van der Waals surface area contributed by atoms with Crippen LogP contribution in [0.3, 0.4) is 0 Å². The Bertz CT molecular complexity index is 435. The Labute approximate surface area is 110 Å². The normalized spacial score (nSPS) is 9.59. The number of carbonyl (C=O) groups is 1. The van der Waals surface area contributed by atoms with Gasteiger partial charge in [-0.05, 0) is 25.1 Å². The maximum atomic E-state index is 11.0. The lowest BCUT2D eigenvalue weighted by molar-refractivity contribution is 0.149. The quantitative estimate of drug-likeness (QED) is 0.829. The molecule has 0 spiro atoms. The Hall–Kier alpha value is -1.39. The summed E-state index contributed by atoms with van der Waals surface area (Å²) in [5, 5.41) is 0.977. The summed E-state index contributed by atoms with van der Waals surface area (Å²) < 4.78 is 4.67. The van der Waals surface area contributed by atoms with Gasteiger partial charge in [-0.1, -0.05) is 29.8 Å². The molecule has 0 radical (unpaired) electrons. The lowest BCUT2D eigenvalue weighted by Gasteiger charge is -2.12. The number of halogens is 2. The number of amides is 1. The van der Waals surface area contributed by atoms with Crippen LogP contribution in [-0.2, 0) is 4.74 Å². The van der Waals surface area contributed by atoms with E-state index in [-0.39, 0.29) is 0 Å². The van der Waals surface area contributed by atoms with Crippen LogP contribution in [0.15, 0.2) is 24.8 Å². The largest absolute Gasteiger partial charge is 0.449 e. The molecule has 0 saturated heterocycles. The summed E-state index contributed by atoms with van der Waals surface area (Å²) in [7, 11) is 0. The second-order valence-electron chi connectivity index (χ2n) is 3.07. The van der Waals surface area contributed by atoms with E-state index in [9.17, 15) is 4.79 Å². The molecule has 1 aromatic rings. The van der Waals surface area contributed by atoms with E-state index in [2.05, 4.69) is 22.2 Å². The van der Waals surface area contributed by atoms with Crippen LogP contribution in [0.5, 0.6) is 0 Å². The molecule has 0 heterocycles. The number of ether oxygens (including phenoxy) is 1. The predicted octanol–water partition coefficient (Wildman–Crippen LogP) is 3.21. The fourth-order valence-corrected chi connectivity index (χ4v) is 1.62. The lowest BCUT2D eigenvalue weighted by Crippen LogP contribution is -2.36. The number of hydrogen-bond donors (Lipinski definition) is 2. The minimum atomic E-state index is -0.585. The van der Waals surface area contributed by atoms with Crippen molar-refractivity contribution in [1.82, 2.24) is 10.9 Å². The van der Waals surface area contributed by atoms with Gasteiger partial charge in [0.1, 0.15) is 0 Å². The van der Waals surface area contributed by atoms with Crippen molar-refractivity contribution in [3.05, 3.63) is 40.4 Å². The van der Waals surface area contributed by atoms with E-state index in [0.29, 0.717) is 27.9 Å². The molecule has 4 nitrogen and oxygen atoms in total. The van der Waals surface area contributed by atoms with Crippen LogP contribution >= 0.6 is 23.2 Å². The van der Waals surface area contributed by atoms with E-state index in [0.717, 1.165) is 0 Å². The summed E-state index contributed by atoms with van der Waals surface area (Å²) in [6.07, 6.45) is -0.585. The molecule has 0 saturated carbocycles. The number of hydrogen-bond acceptors (Lipinski definition) is 3. The second kappa shape index (κ2) is 6.37. The maximum absolute atomic E-state index is 11.0. The van der Waals surface area contributed by atoms with Gasteiger partial charge in [-0.2, -0.15) is 0 Å². The van der Waals surface area contributed by atoms with Gasteiger partial charge in [-0.3, -0.25) is 5.43 Å². The monoisotopic (exact) mass is 274 g/mol. The van der Waals surface area contributed by atoms with E-state index in [1.54, 1.807) is 25.1 Å². The number of rotatable bonds is 4. The number of carbonyl (C=O) groups excluding carboxylic acids is 1. The van der Waals surface area contributed by atoms with Crippen molar-refractivity contribution >= 4 is 35.0 Å². The molecule has 0 unspecified atom stereocenters. The van der Waals surface area contributed by atoms with Gasteiger partial charge >= 0.3 is 6.09 Å². The summed E-state index contributed by atoms with van der Waals surface area (Å²) in [4.78, 5) is 11.0. The molecule has 0 atom stereocenters. The van der Waals surface area contributed by atoms with Crippen molar-refractivity contribution in [1.29, 1.82) is 0 Å². The minimum absolute atomic E-state index is 0.293. The van der Waals surface area contributed by atoms with Crippen LogP contribution in [0.1, 0.15) is 12.5 Å². The van der Waals surface area contributed by atoms with Gasteiger partial charge in [0.2, 0.25) is 0 Å². The third kappa shape index (κ3) is 4.17. The van der Waals surface area contributed by atoms with E-state index in [1.165, 1.54) is 0 Å². The zero-order valence-corrected chi connectivity index (χ0v) is 10.7. The summed E-state index contributed by atoms with van der Waals surface area (Å²) in [6, 6.07) is 4.97. The molecule has 0 aliphatic heterocycles. The molecule has 1 amide bonds. The van der Waals surface area contributed by atoms with Crippen LogP contribution < -0.4 is 10.9 Å². The average Bonchev–Trinajstić information content (AvgIpc) is 2.26.